The molecule has 0 radical (unpaired) electrons. The number of hydrazone groups is 1. The Balaban J connectivity index is 2.07. The lowest BCUT2D eigenvalue weighted by atomic mass is 10.1. The SMILES string of the molecule is COc1ncc(N/N=C2/CCCNC2=O)cc1F. The molecule has 6 nitrogen and oxygen atoms in total. The highest BCUT2D eigenvalue weighted by Gasteiger charge is 2.15. The molecule has 1 aromatic rings. The van der Waals surface area contributed by atoms with Gasteiger partial charge in [-0.25, -0.2) is 9.37 Å². The summed E-state index contributed by atoms with van der Waals surface area (Å²) in [5.74, 6) is -0.866. The van der Waals surface area contributed by atoms with Gasteiger partial charge >= 0.3 is 0 Å². The van der Waals surface area contributed by atoms with Gasteiger partial charge in [-0.1, -0.05) is 0 Å². The molecule has 1 aromatic heterocycles. The third-order valence-electron chi connectivity index (χ3n) is 2.46. The van der Waals surface area contributed by atoms with Gasteiger partial charge < -0.3 is 10.1 Å². The summed E-state index contributed by atoms with van der Waals surface area (Å²) >= 11 is 0. The van der Waals surface area contributed by atoms with Gasteiger partial charge in [0.1, 0.15) is 5.71 Å². The Morgan fingerprint density at radius 2 is 2.44 bits per heavy atom. The van der Waals surface area contributed by atoms with E-state index in [1.807, 2.05) is 0 Å². The van der Waals surface area contributed by atoms with E-state index in [1.54, 1.807) is 0 Å². The standard InChI is InChI=1S/C11H13FN4O2/c1-18-11-8(12)5-7(6-14-11)15-16-9-3-2-4-13-10(9)17/h5-6,15H,2-4H2,1H3,(H,13,17)/b16-9-. The molecule has 1 amide bonds. The summed E-state index contributed by atoms with van der Waals surface area (Å²) in [5.41, 5.74) is 3.37. The fourth-order valence-corrected chi connectivity index (χ4v) is 1.55. The van der Waals surface area contributed by atoms with E-state index in [4.69, 9.17) is 4.74 Å². The Labute approximate surface area is 103 Å². The summed E-state index contributed by atoms with van der Waals surface area (Å²) in [5, 5.41) is 6.62. The third kappa shape index (κ3) is 2.73. The quantitative estimate of drug-likeness (QED) is 0.784. The molecule has 18 heavy (non-hydrogen) atoms. The number of nitrogens with one attached hydrogen (secondary N) is 2. The van der Waals surface area contributed by atoms with Crippen molar-refractivity contribution in [3.8, 4) is 5.88 Å². The molecule has 1 fully saturated rings. The number of carbonyl (C=O) groups is 1. The molecule has 1 aliphatic rings. The van der Waals surface area contributed by atoms with E-state index >= 15 is 0 Å². The van der Waals surface area contributed by atoms with Gasteiger partial charge in [0.25, 0.3) is 5.91 Å². The van der Waals surface area contributed by atoms with Crippen molar-refractivity contribution in [3.63, 3.8) is 0 Å². The minimum absolute atomic E-state index is 0.0800. The zero-order valence-corrected chi connectivity index (χ0v) is 9.86. The highest BCUT2D eigenvalue weighted by Crippen LogP contribution is 2.17. The van der Waals surface area contributed by atoms with Crippen molar-refractivity contribution in [1.82, 2.24) is 10.3 Å². The Morgan fingerprint density at radius 3 is 3.11 bits per heavy atom. The molecule has 96 valence electrons. The number of hydrogen-bond acceptors (Lipinski definition) is 5. The fraction of sp³-hybridized carbons (Fsp3) is 0.364. The lowest BCUT2D eigenvalue weighted by Gasteiger charge is -2.13. The molecule has 0 spiro atoms. The van der Waals surface area contributed by atoms with Crippen LogP contribution in [0.15, 0.2) is 17.4 Å². The topological polar surface area (TPSA) is 75.6 Å². The van der Waals surface area contributed by atoms with Crippen LogP contribution in [-0.4, -0.2) is 30.3 Å². The number of ether oxygens (including phenoxy) is 1. The van der Waals surface area contributed by atoms with Gasteiger partial charge in [-0.2, -0.15) is 5.10 Å². The van der Waals surface area contributed by atoms with E-state index in [-0.39, 0.29) is 11.8 Å². The number of aromatic nitrogens is 1. The van der Waals surface area contributed by atoms with Gasteiger partial charge in [-0.3, -0.25) is 10.2 Å². The maximum Gasteiger partial charge on any atom is 0.267 e. The normalized spacial score (nSPS) is 17.4. The Bertz CT molecular complexity index is 490. The lowest BCUT2D eigenvalue weighted by molar-refractivity contribution is -0.115. The van der Waals surface area contributed by atoms with Crippen LogP contribution in [0.25, 0.3) is 0 Å². The Morgan fingerprint density at radius 1 is 1.61 bits per heavy atom. The van der Waals surface area contributed by atoms with E-state index in [1.165, 1.54) is 19.4 Å². The minimum Gasteiger partial charge on any atom is -0.479 e. The molecule has 0 aliphatic carbocycles. The molecule has 0 bridgehead atoms. The number of rotatable bonds is 3. The van der Waals surface area contributed by atoms with Gasteiger partial charge in [0.15, 0.2) is 5.82 Å². The second-order valence-electron chi connectivity index (χ2n) is 3.74. The van der Waals surface area contributed by atoms with E-state index < -0.39 is 5.82 Å². The van der Waals surface area contributed by atoms with Crippen LogP contribution < -0.4 is 15.5 Å². The first-order valence-electron chi connectivity index (χ1n) is 5.51. The van der Waals surface area contributed by atoms with Crippen molar-refractivity contribution in [1.29, 1.82) is 0 Å². The second kappa shape index (κ2) is 5.44. The van der Waals surface area contributed by atoms with Crippen molar-refractivity contribution in [2.45, 2.75) is 12.8 Å². The van der Waals surface area contributed by atoms with Crippen LogP contribution in [-0.2, 0) is 4.79 Å². The predicted molar refractivity (Wildman–Crippen MR) is 64.0 cm³/mol. The summed E-state index contributed by atoms with van der Waals surface area (Å²) in [4.78, 5) is 15.1. The van der Waals surface area contributed by atoms with Gasteiger partial charge in [0.2, 0.25) is 5.88 Å². The summed E-state index contributed by atoms with van der Waals surface area (Å²) in [7, 11) is 1.34. The summed E-state index contributed by atoms with van der Waals surface area (Å²) in [6, 6.07) is 1.20. The largest absolute Gasteiger partial charge is 0.479 e. The summed E-state index contributed by atoms with van der Waals surface area (Å²) in [6.45, 7) is 0.663. The average molecular weight is 252 g/mol. The van der Waals surface area contributed by atoms with E-state index in [0.29, 0.717) is 24.4 Å². The maximum atomic E-state index is 13.3. The summed E-state index contributed by atoms with van der Waals surface area (Å²) in [6.07, 6.45) is 2.83. The molecule has 1 aliphatic heterocycles. The molecular formula is C11H13FN4O2. The van der Waals surface area contributed by atoms with Crippen LogP contribution in [0.3, 0.4) is 0 Å². The number of pyridine rings is 1. The first-order chi connectivity index (χ1) is 8.70. The molecule has 7 heteroatoms. The first kappa shape index (κ1) is 12.3. The Kier molecular flexibility index (Phi) is 3.71. The molecule has 0 unspecified atom stereocenters. The van der Waals surface area contributed by atoms with Crippen LogP contribution in [0.2, 0.25) is 0 Å². The molecule has 1 saturated heterocycles. The zero-order chi connectivity index (χ0) is 13.0. The number of amides is 1. The summed E-state index contributed by atoms with van der Waals surface area (Å²) < 4.78 is 18.0. The van der Waals surface area contributed by atoms with Crippen LogP contribution >= 0.6 is 0 Å². The lowest BCUT2D eigenvalue weighted by Crippen LogP contribution is -2.37. The number of piperidine rings is 1. The van der Waals surface area contributed by atoms with Gasteiger partial charge in [0.05, 0.1) is 19.0 Å². The average Bonchev–Trinajstić information content (AvgIpc) is 2.38. The minimum atomic E-state index is -0.587. The van der Waals surface area contributed by atoms with Gasteiger partial charge in [0, 0.05) is 12.6 Å². The van der Waals surface area contributed by atoms with Gasteiger partial charge in [-0.05, 0) is 12.8 Å². The van der Waals surface area contributed by atoms with Gasteiger partial charge in [-0.15, -0.1) is 0 Å². The predicted octanol–water partition coefficient (Wildman–Crippen LogP) is 0.907. The third-order valence-corrected chi connectivity index (χ3v) is 2.46. The number of hydrogen-bond donors (Lipinski definition) is 2. The van der Waals surface area contributed by atoms with Crippen molar-refractivity contribution < 1.29 is 13.9 Å². The first-order valence-corrected chi connectivity index (χ1v) is 5.51. The van der Waals surface area contributed by atoms with Crippen molar-refractivity contribution in [3.05, 3.63) is 18.1 Å². The van der Waals surface area contributed by atoms with E-state index in [0.717, 1.165) is 6.42 Å². The smallest absolute Gasteiger partial charge is 0.267 e. The number of halogens is 1. The highest BCUT2D eigenvalue weighted by atomic mass is 19.1. The number of carbonyl (C=O) groups excluding carboxylic acids is 1. The molecule has 0 atom stereocenters. The molecule has 2 rings (SSSR count). The molecule has 2 heterocycles. The van der Waals surface area contributed by atoms with Crippen LogP contribution in [0.5, 0.6) is 5.88 Å². The number of anilines is 1. The van der Waals surface area contributed by atoms with Crippen molar-refractivity contribution in [2.24, 2.45) is 5.10 Å². The molecule has 2 N–H and O–H groups in total. The molecule has 0 aromatic carbocycles. The van der Waals surface area contributed by atoms with E-state index in [9.17, 15) is 9.18 Å². The van der Waals surface area contributed by atoms with Crippen LogP contribution in [0.1, 0.15) is 12.8 Å². The van der Waals surface area contributed by atoms with Crippen molar-refractivity contribution in [2.75, 3.05) is 19.1 Å². The molecular weight excluding hydrogens is 239 g/mol. The highest BCUT2D eigenvalue weighted by molar-refractivity contribution is 6.39. The zero-order valence-electron chi connectivity index (χ0n) is 9.86. The number of methoxy groups -OCH3 is 1. The monoisotopic (exact) mass is 252 g/mol. The fourth-order valence-electron chi connectivity index (χ4n) is 1.55. The van der Waals surface area contributed by atoms with E-state index in [2.05, 4.69) is 20.8 Å². The maximum absolute atomic E-state index is 13.3. The van der Waals surface area contributed by atoms with Crippen LogP contribution in [0.4, 0.5) is 10.1 Å². The van der Waals surface area contributed by atoms with Crippen molar-refractivity contribution >= 4 is 17.3 Å². The Hall–Kier alpha value is -2.18. The van der Waals surface area contributed by atoms with Crippen LogP contribution in [0, 0.1) is 5.82 Å². The second-order valence-corrected chi connectivity index (χ2v) is 3.74. The number of nitrogens with zero attached hydrogens (tertiary/aromatic N) is 2. The molecule has 0 saturated carbocycles.